The number of nitrogens with zero attached hydrogens (tertiary/aromatic N) is 1. The Bertz CT molecular complexity index is 647. The van der Waals surface area contributed by atoms with Crippen LogP contribution in [-0.2, 0) is 4.79 Å². The van der Waals surface area contributed by atoms with E-state index in [4.69, 9.17) is 69.6 Å². The zero-order chi connectivity index (χ0) is 21.3. The molecule has 3 rings (SSSR count). The predicted molar refractivity (Wildman–Crippen MR) is 126 cm³/mol. The third-order valence-electron chi connectivity index (χ3n) is 6.81. The van der Waals surface area contributed by atoms with Crippen LogP contribution in [0.25, 0.3) is 0 Å². The number of carbonyl (C=O) groups is 1. The van der Waals surface area contributed by atoms with Crippen molar-refractivity contribution in [3.8, 4) is 0 Å². The molecular weight excluding hydrogens is 495 g/mol. The van der Waals surface area contributed by atoms with E-state index in [9.17, 15) is 4.79 Å². The summed E-state index contributed by atoms with van der Waals surface area (Å²) in [6, 6.07) is 0. The predicted octanol–water partition coefficient (Wildman–Crippen LogP) is 7.97. The van der Waals surface area contributed by atoms with E-state index in [1.165, 1.54) is 6.42 Å². The van der Waals surface area contributed by atoms with E-state index in [1.54, 1.807) is 0 Å². The van der Waals surface area contributed by atoms with Gasteiger partial charge in [-0.2, -0.15) is 0 Å². The second kappa shape index (κ2) is 9.84. The molecule has 2 aliphatic carbocycles. The van der Waals surface area contributed by atoms with Crippen LogP contribution in [0.5, 0.6) is 0 Å². The first-order chi connectivity index (χ1) is 13.7. The quantitative estimate of drug-likeness (QED) is 0.221. The van der Waals surface area contributed by atoms with Crippen LogP contribution < -0.4 is 0 Å². The molecule has 3 aliphatic rings. The van der Waals surface area contributed by atoms with Crippen LogP contribution in [-0.4, -0.2) is 38.0 Å². The summed E-state index contributed by atoms with van der Waals surface area (Å²) in [5, 5.41) is 0.589. The molecule has 0 unspecified atom stereocenters. The van der Waals surface area contributed by atoms with Gasteiger partial charge in [0, 0.05) is 19.5 Å². The van der Waals surface area contributed by atoms with E-state index in [2.05, 4.69) is 0 Å². The maximum absolute atomic E-state index is 12.2. The number of rotatable bonds is 9. The number of allylic oxidation sites excluding steroid dienone is 2. The molecule has 0 aromatic rings. The van der Waals surface area contributed by atoms with Crippen molar-refractivity contribution in [2.75, 3.05) is 13.1 Å². The standard InChI is InChI=1S/C21H29Cl6NO/c22-17-18(23)20(25)15(14-19(17,24)21(20,26)27)10-6-3-1-2-4-7-11-16(29)28-12-8-5-9-13-28/h15H,1-14H2/t15-,19-,20+/m1/s1. The number of unbranched alkanes of at least 4 members (excludes halogenated alkanes) is 5. The van der Waals surface area contributed by atoms with Gasteiger partial charge in [-0.1, -0.05) is 78.5 Å². The maximum atomic E-state index is 12.2. The third-order valence-corrected chi connectivity index (χ3v) is 11.1. The molecule has 1 aliphatic heterocycles. The molecule has 1 saturated heterocycles. The molecule has 0 aromatic heterocycles. The number of carbonyl (C=O) groups excluding carboxylic acids is 1. The van der Waals surface area contributed by atoms with Crippen LogP contribution in [0.4, 0.5) is 0 Å². The lowest BCUT2D eigenvalue weighted by molar-refractivity contribution is -0.132. The Hall–Kier alpha value is 0.950. The van der Waals surface area contributed by atoms with Gasteiger partial charge < -0.3 is 4.90 Å². The van der Waals surface area contributed by atoms with Crippen molar-refractivity contribution in [2.24, 2.45) is 5.92 Å². The molecule has 2 nitrogen and oxygen atoms in total. The van der Waals surface area contributed by atoms with E-state index in [0.29, 0.717) is 23.8 Å². The normalized spacial score (nSPS) is 33.6. The second-order valence-electron chi connectivity index (χ2n) is 8.72. The highest BCUT2D eigenvalue weighted by Crippen LogP contribution is 2.74. The van der Waals surface area contributed by atoms with Gasteiger partial charge in [-0.05, 0) is 44.4 Å². The summed E-state index contributed by atoms with van der Waals surface area (Å²) >= 11 is 39.2. The number of fused-ring (bicyclic) bond motifs is 2. The highest BCUT2D eigenvalue weighted by molar-refractivity contribution is 6.65. The maximum Gasteiger partial charge on any atom is 0.222 e. The fourth-order valence-corrected chi connectivity index (χ4v) is 7.88. The summed E-state index contributed by atoms with van der Waals surface area (Å²) in [5.41, 5.74) is 0. The molecule has 1 heterocycles. The molecule has 3 atom stereocenters. The van der Waals surface area contributed by atoms with Gasteiger partial charge in [0.2, 0.25) is 5.91 Å². The molecule has 0 aromatic carbocycles. The molecule has 1 saturated carbocycles. The Morgan fingerprint density at radius 3 is 2.03 bits per heavy atom. The largest absolute Gasteiger partial charge is 0.343 e. The summed E-state index contributed by atoms with van der Waals surface area (Å²) in [6.07, 6.45) is 12.2. The average molecular weight is 524 g/mol. The monoisotopic (exact) mass is 521 g/mol. The Morgan fingerprint density at radius 1 is 0.862 bits per heavy atom. The fourth-order valence-electron chi connectivity index (χ4n) is 5.01. The lowest BCUT2D eigenvalue weighted by atomic mass is 9.87. The Balaban J connectivity index is 1.31. The minimum absolute atomic E-state index is 0.00818. The van der Waals surface area contributed by atoms with E-state index in [-0.39, 0.29) is 11.0 Å². The number of amides is 1. The van der Waals surface area contributed by atoms with Crippen molar-refractivity contribution in [2.45, 2.75) is 91.1 Å². The number of alkyl halides is 4. The zero-order valence-electron chi connectivity index (χ0n) is 16.6. The van der Waals surface area contributed by atoms with Crippen LogP contribution in [0.1, 0.15) is 77.0 Å². The third kappa shape index (κ3) is 4.42. The molecule has 0 spiro atoms. The molecule has 1 amide bonds. The molecular formula is C21H29Cl6NO. The van der Waals surface area contributed by atoms with E-state index in [0.717, 1.165) is 70.9 Å². The SMILES string of the molecule is O=C(CCCCCCCC[C@@H]1C[C@@]2(Cl)C(Cl)=C(Cl)[C@]1(Cl)C2(Cl)Cl)N1CCCCC1. The van der Waals surface area contributed by atoms with E-state index < -0.39 is 14.1 Å². The van der Waals surface area contributed by atoms with Gasteiger partial charge in [-0.25, -0.2) is 0 Å². The Labute approximate surface area is 204 Å². The smallest absolute Gasteiger partial charge is 0.222 e. The van der Waals surface area contributed by atoms with Crippen LogP contribution in [0.3, 0.4) is 0 Å². The minimum atomic E-state index is -1.40. The highest BCUT2D eigenvalue weighted by atomic mass is 35.5. The first-order valence-electron chi connectivity index (χ1n) is 10.8. The van der Waals surface area contributed by atoms with Gasteiger partial charge in [-0.3, -0.25) is 4.79 Å². The number of likely N-dealkylation sites (tertiary alicyclic amines) is 1. The van der Waals surface area contributed by atoms with Crippen molar-refractivity contribution in [3.05, 3.63) is 10.1 Å². The average Bonchev–Trinajstić information content (AvgIpc) is 2.92. The summed E-state index contributed by atoms with van der Waals surface area (Å²) in [5.74, 6) is 0.339. The summed E-state index contributed by atoms with van der Waals surface area (Å²) in [6.45, 7) is 1.89. The summed E-state index contributed by atoms with van der Waals surface area (Å²) in [4.78, 5) is 12.0. The van der Waals surface area contributed by atoms with Crippen molar-refractivity contribution in [1.82, 2.24) is 4.90 Å². The number of hydrogen-bond donors (Lipinski definition) is 0. The van der Waals surface area contributed by atoms with Crippen LogP contribution >= 0.6 is 69.6 Å². The zero-order valence-corrected chi connectivity index (χ0v) is 21.1. The molecule has 2 fully saturated rings. The van der Waals surface area contributed by atoms with Crippen LogP contribution in [0.2, 0.25) is 0 Å². The van der Waals surface area contributed by atoms with Gasteiger partial charge in [0.1, 0.15) is 9.75 Å². The molecule has 29 heavy (non-hydrogen) atoms. The molecule has 166 valence electrons. The summed E-state index contributed by atoms with van der Waals surface area (Å²) < 4.78 is -1.40. The minimum Gasteiger partial charge on any atom is -0.343 e. The lowest BCUT2D eigenvalue weighted by Gasteiger charge is -2.33. The lowest BCUT2D eigenvalue weighted by Crippen LogP contribution is -2.44. The van der Waals surface area contributed by atoms with Crippen molar-refractivity contribution < 1.29 is 4.79 Å². The number of hydrogen-bond acceptors (Lipinski definition) is 1. The van der Waals surface area contributed by atoms with Crippen molar-refractivity contribution in [3.63, 3.8) is 0 Å². The first-order valence-corrected chi connectivity index (χ1v) is 13.0. The van der Waals surface area contributed by atoms with Gasteiger partial charge in [-0.15, -0.1) is 23.2 Å². The Kier molecular flexibility index (Phi) is 8.34. The van der Waals surface area contributed by atoms with E-state index >= 15 is 0 Å². The van der Waals surface area contributed by atoms with Crippen molar-refractivity contribution >= 4 is 75.5 Å². The second-order valence-corrected chi connectivity index (χ2v) is 12.0. The summed E-state index contributed by atoms with van der Waals surface area (Å²) in [7, 11) is 0. The van der Waals surface area contributed by atoms with Gasteiger partial charge >= 0.3 is 0 Å². The highest BCUT2D eigenvalue weighted by Gasteiger charge is 2.77. The van der Waals surface area contributed by atoms with Crippen molar-refractivity contribution in [1.29, 1.82) is 0 Å². The topological polar surface area (TPSA) is 20.3 Å². The van der Waals surface area contributed by atoms with Gasteiger partial charge in [0.25, 0.3) is 0 Å². The molecule has 0 radical (unpaired) electrons. The molecule has 0 N–H and O–H groups in total. The fraction of sp³-hybridized carbons (Fsp3) is 0.857. The van der Waals surface area contributed by atoms with Gasteiger partial charge in [0.05, 0.1) is 10.1 Å². The molecule has 8 heteroatoms. The first kappa shape index (κ1) is 24.6. The number of halogens is 6. The number of piperidine rings is 1. The molecule has 2 bridgehead atoms. The Morgan fingerprint density at radius 2 is 1.45 bits per heavy atom. The van der Waals surface area contributed by atoms with Crippen LogP contribution in [0.15, 0.2) is 10.1 Å². The van der Waals surface area contributed by atoms with Crippen LogP contribution in [0, 0.1) is 5.92 Å². The van der Waals surface area contributed by atoms with E-state index in [1.807, 2.05) is 4.90 Å². The van der Waals surface area contributed by atoms with Gasteiger partial charge in [0.15, 0.2) is 4.33 Å².